The van der Waals surface area contributed by atoms with Crippen LogP contribution >= 0.6 is 11.6 Å². The molecule has 28 heavy (non-hydrogen) atoms. The predicted molar refractivity (Wildman–Crippen MR) is 101 cm³/mol. The number of halogens is 1. The zero-order chi connectivity index (χ0) is 20.4. The number of carbonyl (C=O) groups is 4. The fourth-order valence-electron chi connectivity index (χ4n) is 4.82. The second kappa shape index (κ2) is 6.28. The first kappa shape index (κ1) is 18.9. The Morgan fingerprint density at radius 3 is 2.68 bits per heavy atom. The number of likely N-dealkylation sites (tertiary alicyclic amines) is 1. The molecule has 2 saturated heterocycles. The number of fused-ring (bicyclic) bond motifs is 4. The third-order valence-electron chi connectivity index (χ3n) is 6.19. The first-order chi connectivity index (χ1) is 13.2. The van der Waals surface area contributed by atoms with Crippen LogP contribution in [0.3, 0.4) is 0 Å². The maximum absolute atomic E-state index is 13.4. The highest BCUT2D eigenvalue weighted by Gasteiger charge is 2.70. The zero-order valence-electron chi connectivity index (χ0n) is 15.5. The summed E-state index contributed by atoms with van der Waals surface area (Å²) in [5.41, 5.74) is 4.86. The Bertz CT molecular complexity index is 919. The van der Waals surface area contributed by atoms with Gasteiger partial charge in [0.25, 0.3) is 0 Å². The largest absolute Gasteiger partial charge is 0.370 e. The average molecular weight is 405 g/mol. The molecule has 1 spiro atoms. The lowest BCUT2D eigenvalue weighted by molar-refractivity contribution is -0.145. The van der Waals surface area contributed by atoms with E-state index >= 15 is 0 Å². The number of rotatable bonds is 4. The van der Waals surface area contributed by atoms with Gasteiger partial charge in [0.2, 0.25) is 23.6 Å². The lowest BCUT2D eigenvalue weighted by Gasteiger charge is -2.31. The van der Waals surface area contributed by atoms with Crippen molar-refractivity contribution in [2.75, 3.05) is 5.32 Å². The number of nitrogens with one attached hydrogen (secondary N) is 2. The van der Waals surface area contributed by atoms with Gasteiger partial charge in [-0.1, -0.05) is 30.7 Å². The van der Waals surface area contributed by atoms with Gasteiger partial charge in [-0.3, -0.25) is 29.4 Å². The van der Waals surface area contributed by atoms with Crippen molar-refractivity contribution in [2.24, 2.45) is 17.6 Å². The van der Waals surface area contributed by atoms with Crippen molar-refractivity contribution >= 4 is 40.9 Å². The van der Waals surface area contributed by atoms with Gasteiger partial charge in [0.05, 0.1) is 22.5 Å². The fourth-order valence-corrected chi connectivity index (χ4v) is 5.05. The van der Waals surface area contributed by atoms with Crippen LogP contribution in [-0.2, 0) is 24.7 Å². The van der Waals surface area contributed by atoms with Crippen molar-refractivity contribution in [1.82, 2.24) is 10.2 Å². The highest BCUT2D eigenvalue weighted by Crippen LogP contribution is 2.54. The molecule has 0 aromatic heterocycles. The number of hydrogen-bond acceptors (Lipinski definition) is 5. The summed E-state index contributed by atoms with van der Waals surface area (Å²) in [7, 11) is 0. The summed E-state index contributed by atoms with van der Waals surface area (Å²) >= 11 is 6.25. The van der Waals surface area contributed by atoms with E-state index in [1.807, 2.05) is 6.92 Å². The van der Waals surface area contributed by atoms with Crippen LogP contribution in [0.15, 0.2) is 18.2 Å². The van der Waals surface area contributed by atoms with Gasteiger partial charge in [-0.05, 0) is 19.4 Å². The first-order valence-corrected chi connectivity index (χ1v) is 9.65. The summed E-state index contributed by atoms with van der Waals surface area (Å²) in [4.78, 5) is 52.6. The van der Waals surface area contributed by atoms with Gasteiger partial charge in [-0.25, -0.2) is 0 Å². The van der Waals surface area contributed by atoms with E-state index in [2.05, 4.69) is 10.6 Å². The topological polar surface area (TPSA) is 122 Å². The number of imide groups is 1. The maximum atomic E-state index is 13.4. The minimum atomic E-state index is -1.46. The molecule has 4 amide bonds. The standard InChI is InChI=1S/C19H21ClN4O4/c1-3-8(2)24-16(26)13-11(7-12(21)25)23-19(14(13)17(24)27)9-5-4-6-10(20)15(9)22-18(19)28/h4-6,8,11,13-14,23H,3,7H2,1-2H3,(H2,21,25)(H,22,28)/t8-,11+,13+,14-,19-/m0/s1. The van der Waals surface area contributed by atoms with Crippen molar-refractivity contribution in [1.29, 1.82) is 0 Å². The van der Waals surface area contributed by atoms with E-state index in [1.165, 1.54) is 4.90 Å². The molecule has 148 valence electrons. The van der Waals surface area contributed by atoms with Gasteiger partial charge in [0.15, 0.2) is 0 Å². The molecule has 8 nitrogen and oxygen atoms in total. The number of benzene rings is 1. The molecule has 4 rings (SSSR count). The van der Waals surface area contributed by atoms with Gasteiger partial charge < -0.3 is 11.1 Å². The lowest BCUT2D eigenvalue weighted by atomic mass is 9.76. The van der Waals surface area contributed by atoms with E-state index in [9.17, 15) is 19.2 Å². The molecule has 0 radical (unpaired) electrons. The molecular weight excluding hydrogens is 384 g/mol. The second-order valence-corrected chi connectivity index (χ2v) is 8.06. The molecule has 3 aliphatic rings. The van der Waals surface area contributed by atoms with Crippen molar-refractivity contribution < 1.29 is 19.2 Å². The minimum absolute atomic E-state index is 0.153. The highest BCUT2D eigenvalue weighted by molar-refractivity contribution is 6.35. The highest BCUT2D eigenvalue weighted by atomic mass is 35.5. The van der Waals surface area contributed by atoms with E-state index in [0.717, 1.165) is 0 Å². The molecule has 3 aliphatic heterocycles. The predicted octanol–water partition coefficient (Wildman–Crippen LogP) is 0.734. The molecule has 9 heteroatoms. The van der Waals surface area contributed by atoms with Gasteiger partial charge in [0.1, 0.15) is 5.54 Å². The first-order valence-electron chi connectivity index (χ1n) is 9.27. The van der Waals surface area contributed by atoms with E-state index in [1.54, 1.807) is 25.1 Å². The Kier molecular flexibility index (Phi) is 4.24. The molecule has 0 unspecified atom stereocenters. The third-order valence-corrected chi connectivity index (χ3v) is 6.50. The minimum Gasteiger partial charge on any atom is -0.370 e. The van der Waals surface area contributed by atoms with Gasteiger partial charge in [0, 0.05) is 24.1 Å². The number of amides is 4. The number of carbonyl (C=O) groups excluding carboxylic acids is 4. The molecule has 2 fully saturated rings. The summed E-state index contributed by atoms with van der Waals surface area (Å²) in [6.07, 6.45) is 0.436. The number of anilines is 1. The number of para-hydroxylation sites is 1. The molecule has 4 N–H and O–H groups in total. The Morgan fingerprint density at radius 1 is 1.32 bits per heavy atom. The number of hydrogen-bond donors (Lipinski definition) is 3. The number of nitrogens with two attached hydrogens (primary N) is 1. The van der Waals surface area contributed by atoms with Crippen LogP contribution in [0.25, 0.3) is 0 Å². The quantitative estimate of drug-likeness (QED) is 0.639. The van der Waals surface area contributed by atoms with Gasteiger partial charge in [-0.15, -0.1) is 0 Å². The van der Waals surface area contributed by atoms with Crippen LogP contribution < -0.4 is 16.4 Å². The van der Waals surface area contributed by atoms with E-state index < -0.39 is 41.1 Å². The summed E-state index contributed by atoms with van der Waals surface area (Å²) in [6.45, 7) is 3.67. The van der Waals surface area contributed by atoms with E-state index in [4.69, 9.17) is 17.3 Å². The van der Waals surface area contributed by atoms with Crippen molar-refractivity contribution in [3.63, 3.8) is 0 Å². The van der Waals surface area contributed by atoms with Crippen LogP contribution in [0.2, 0.25) is 5.02 Å². The van der Waals surface area contributed by atoms with Crippen molar-refractivity contribution in [3.05, 3.63) is 28.8 Å². The fraction of sp³-hybridized carbons (Fsp3) is 0.474. The summed E-state index contributed by atoms with van der Waals surface area (Å²) < 4.78 is 0. The van der Waals surface area contributed by atoms with Crippen molar-refractivity contribution in [3.8, 4) is 0 Å². The normalized spacial score (nSPS) is 31.9. The Hall–Kier alpha value is -2.45. The van der Waals surface area contributed by atoms with E-state index in [-0.39, 0.29) is 18.4 Å². The van der Waals surface area contributed by atoms with Crippen LogP contribution in [0.4, 0.5) is 5.69 Å². The molecule has 0 saturated carbocycles. The lowest BCUT2D eigenvalue weighted by Crippen LogP contribution is -2.54. The van der Waals surface area contributed by atoms with Crippen LogP contribution in [0.5, 0.6) is 0 Å². The molecule has 1 aromatic rings. The van der Waals surface area contributed by atoms with Crippen LogP contribution in [0.1, 0.15) is 32.3 Å². The maximum Gasteiger partial charge on any atom is 0.250 e. The molecule has 0 bridgehead atoms. The average Bonchev–Trinajstić information content (AvgIpc) is 3.21. The monoisotopic (exact) mass is 404 g/mol. The number of primary amides is 1. The number of nitrogens with zero attached hydrogens (tertiary/aromatic N) is 1. The van der Waals surface area contributed by atoms with E-state index in [0.29, 0.717) is 22.7 Å². The summed E-state index contributed by atoms with van der Waals surface area (Å²) in [5, 5.41) is 6.22. The molecule has 5 atom stereocenters. The molecule has 3 heterocycles. The smallest absolute Gasteiger partial charge is 0.250 e. The third kappa shape index (κ3) is 2.28. The Balaban J connectivity index is 1.90. The SMILES string of the molecule is CC[C@H](C)N1C(=O)[C@H]2[C@@H](C1=O)[C@]1(N[C@@H]2CC(N)=O)C(=O)Nc2c(Cl)cccc21. The Labute approximate surface area is 166 Å². The van der Waals surface area contributed by atoms with Crippen molar-refractivity contribution in [2.45, 2.75) is 44.3 Å². The van der Waals surface area contributed by atoms with Gasteiger partial charge >= 0.3 is 0 Å². The molecule has 0 aliphatic carbocycles. The zero-order valence-corrected chi connectivity index (χ0v) is 16.2. The van der Waals surface area contributed by atoms with Crippen LogP contribution in [-0.4, -0.2) is 40.6 Å². The molecular formula is C19H21ClN4O4. The Morgan fingerprint density at radius 2 is 2.04 bits per heavy atom. The summed E-state index contributed by atoms with van der Waals surface area (Å²) in [5.74, 6) is -3.65. The van der Waals surface area contributed by atoms with Gasteiger partial charge in [-0.2, -0.15) is 0 Å². The second-order valence-electron chi connectivity index (χ2n) is 7.65. The summed E-state index contributed by atoms with van der Waals surface area (Å²) in [6, 6.07) is 4.01. The molecule has 1 aromatic carbocycles. The van der Waals surface area contributed by atoms with Crippen LogP contribution in [0, 0.1) is 11.8 Å².